The molecule has 3 heterocycles. The molecule has 0 bridgehead atoms. The second kappa shape index (κ2) is 12.0. The van der Waals surface area contributed by atoms with Gasteiger partial charge < -0.3 is 10.6 Å². The molecule has 0 spiro atoms. The minimum absolute atomic E-state index is 0.115. The predicted molar refractivity (Wildman–Crippen MR) is 150 cm³/mol. The fraction of sp³-hybridized carbons (Fsp3) is 0.367. The van der Waals surface area contributed by atoms with Gasteiger partial charge in [0.2, 0.25) is 11.8 Å². The van der Waals surface area contributed by atoms with Crippen LogP contribution >= 0.6 is 0 Å². The third kappa shape index (κ3) is 6.78. The maximum Gasteiger partial charge on any atom is 0.249 e. The zero-order chi connectivity index (χ0) is 27.2. The Balaban J connectivity index is 1.15. The van der Waals surface area contributed by atoms with Gasteiger partial charge in [-0.25, -0.2) is 4.98 Å². The zero-order valence-electron chi connectivity index (χ0n) is 22.1. The van der Waals surface area contributed by atoms with E-state index in [4.69, 9.17) is 5.26 Å². The molecule has 9 nitrogen and oxygen atoms in total. The molecule has 200 valence electrons. The van der Waals surface area contributed by atoms with Crippen LogP contribution in [-0.4, -0.2) is 51.0 Å². The van der Waals surface area contributed by atoms with Crippen LogP contribution < -0.4 is 10.6 Å². The quantitative estimate of drug-likeness (QED) is 0.322. The molecule has 5 rings (SSSR count). The number of carbonyl (C=O) groups is 2. The van der Waals surface area contributed by atoms with Gasteiger partial charge in [-0.1, -0.05) is 30.3 Å². The van der Waals surface area contributed by atoms with Gasteiger partial charge in [-0.2, -0.15) is 10.4 Å². The maximum atomic E-state index is 12.9. The van der Waals surface area contributed by atoms with E-state index in [-0.39, 0.29) is 23.8 Å². The number of rotatable bonds is 10. The number of nitriles is 1. The number of H-pyrrole nitrogens is 1. The SMILES string of the molecule is CC(C(=O)Nc1cc(C2CC2)[nH]n1)c1cccc(-c2ccc(NC(=O)/C=C/CN3CCC[C@H]3CC#N)nc2)c1. The highest BCUT2D eigenvalue weighted by Crippen LogP contribution is 2.39. The number of nitrogens with zero attached hydrogens (tertiary/aromatic N) is 4. The standard InChI is InChI=1S/C30H33N7O2/c1-20(30(39)34-28-18-26(35-36-28)21-9-10-21)22-5-2-6-23(17-22)24-11-12-27(32-19-24)33-29(38)8-4-16-37-15-3-7-25(37)13-14-31/h2,4-6,8,11-12,17-21,25H,3,7,9-10,13,15-16H2,1H3,(H,32,33,38)(H2,34,35,36,39)/b8-4+/t20?,25-/m0/s1. The number of amides is 2. The van der Waals surface area contributed by atoms with Crippen LogP contribution in [0.25, 0.3) is 11.1 Å². The van der Waals surface area contributed by atoms with Gasteiger partial charge in [0.1, 0.15) is 5.82 Å². The monoisotopic (exact) mass is 523 g/mol. The van der Waals surface area contributed by atoms with Crippen molar-refractivity contribution in [1.29, 1.82) is 5.26 Å². The normalized spacial score (nSPS) is 18.1. The molecule has 1 unspecified atom stereocenters. The third-order valence-electron chi connectivity index (χ3n) is 7.43. The summed E-state index contributed by atoms with van der Waals surface area (Å²) in [6.07, 6.45) is 10.0. The van der Waals surface area contributed by atoms with Crippen molar-refractivity contribution >= 4 is 23.5 Å². The van der Waals surface area contributed by atoms with Crippen molar-refractivity contribution in [2.45, 2.75) is 56.9 Å². The first-order chi connectivity index (χ1) is 19.0. The fourth-order valence-electron chi connectivity index (χ4n) is 4.95. The average molecular weight is 524 g/mol. The molecule has 3 aromatic rings. The number of aromatic amines is 1. The lowest BCUT2D eigenvalue weighted by Crippen LogP contribution is -2.29. The van der Waals surface area contributed by atoms with Gasteiger partial charge in [-0.3, -0.25) is 19.6 Å². The minimum atomic E-state index is -0.361. The van der Waals surface area contributed by atoms with E-state index in [1.165, 1.54) is 18.9 Å². The van der Waals surface area contributed by atoms with Crippen LogP contribution in [0.1, 0.15) is 62.1 Å². The highest BCUT2D eigenvalue weighted by Gasteiger charge is 2.26. The maximum absolute atomic E-state index is 12.9. The zero-order valence-corrected chi connectivity index (χ0v) is 22.1. The van der Waals surface area contributed by atoms with E-state index >= 15 is 0 Å². The molecule has 0 radical (unpaired) electrons. The van der Waals surface area contributed by atoms with E-state index in [9.17, 15) is 9.59 Å². The molecule has 1 saturated heterocycles. The number of carbonyl (C=O) groups excluding carboxylic acids is 2. The van der Waals surface area contributed by atoms with E-state index in [1.807, 2.05) is 49.4 Å². The van der Waals surface area contributed by atoms with Crippen molar-refractivity contribution in [1.82, 2.24) is 20.1 Å². The molecule has 1 saturated carbocycles. The average Bonchev–Trinajstić information content (AvgIpc) is 3.54. The number of anilines is 2. The Bertz CT molecular complexity index is 1380. The van der Waals surface area contributed by atoms with E-state index in [1.54, 1.807) is 12.3 Å². The number of nitrogens with one attached hydrogen (secondary N) is 3. The lowest BCUT2D eigenvalue weighted by molar-refractivity contribution is -0.117. The molecule has 2 aromatic heterocycles. The number of benzene rings is 1. The molecule has 2 fully saturated rings. The van der Waals surface area contributed by atoms with Crippen LogP contribution in [-0.2, 0) is 9.59 Å². The lowest BCUT2D eigenvalue weighted by atomic mass is 9.96. The third-order valence-corrected chi connectivity index (χ3v) is 7.43. The highest BCUT2D eigenvalue weighted by atomic mass is 16.2. The number of aromatic nitrogens is 3. The first-order valence-electron chi connectivity index (χ1n) is 13.5. The number of pyridine rings is 1. The molecule has 2 atom stereocenters. The van der Waals surface area contributed by atoms with Crippen LogP contribution in [0.15, 0.2) is 60.8 Å². The van der Waals surface area contributed by atoms with Crippen LogP contribution in [0.4, 0.5) is 11.6 Å². The summed E-state index contributed by atoms with van der Waals surface area (Å²) in [5.41, 5.74) is 3.79. The molecule has 3 N–H and O–H groups in total. The smallest absolute Gasteiger partial charge is 0.249 e. The summed E-state index contributed by atoms with van der Waals surface area (Å²) in [5, 5.41) is 21.9. The molecular weight excluding hydrogens is 490 g/mol. The fourth-order valence-corrected chi connectivity index (χ4v) is 4.95. The number of likely N-dealkylation sites (tertiary alicyclic amines) is 1. The van der Waals surface area contributed by atoms with Crippen LogP contribution in [0.5, 0.6) is 0 Å². The predicted octanol–water partition coefficient (Wildman–Crippen LogP) is 4.96. The Morgan fingerprint density at radius 2 is 2.03 bits per heavy atom. The second-order valence-corrected chi connectivity index (χ2v) is 10.3. The van der Waals surface area contributed by atoms with Gasteiger partial charge >= 0.3 is 0 Å². The van der Waals surface area contributed by atoms with Gasteiger partial charge in [-0.15, -0.1) is 0 Å². The Hall–Kier alpha value is -4.29. The van der Waals surface area contributed by atoms with Crippen molar-refractivity contribution in [2.75, 3.05) is 23.7 Å². The Morgan fingerprint density at radius 1 is 1.15 bits per heavy atom. The van der Waals surface area contributed by atoms with Gasteiger partial charge in [0.25, 0.3) is 0 Å². The molecule has 1 aliphatic heterocycles. The van der Waals surface area contributed by atoms with E-state index in [2.05, 4.69) is 36.8 Å². The topological polar surface area (TPSA) is 127 Å². The molecule has 1 aliphatic carbocycles. The summed E-state index contributed by atoms with van der Waals surface area (Å²) in [4.78, 5) is 31.8. The van der Waals surface area contributed by atoms with Gasteiger partial charge in [0.15, 0.2) is 5.82 Å². The highest BCUT2D eigenvalue weighted by molar-refractivity contribution is 5.98. The van der Waals surface area contributed by atoms with E-state index in [0.29, 0.717) is 30.5 Å². The van der Waals surface area contributed by atoms with Crippen molar-refractivity contribution in [2.24, 2.45) is 0 Å². The lowest BCUT2D eigenvalue weighted by Gasteiger charge is -2.20. The van der Waals surface area contributed by atoms with Crippen molar-refractivity contribution < 1.29 is 9.59 Å². The second-order valence-electron chi connectivity index (χ2n) is 10.3. The Morgan fingerprint density at radius 3 is 2.79 bits per heavy atom. The summed E-state index contributed by atoms with van der Waals surface area (Å²) in [6, 6.07) is 15.9. The summed E-state index contributed by atoms with van der Waals surface area (Å²) >= 11 is 0. The molecule has 9 heteroatoms. The number of hydrogen-bond acceptors (Lipinski definition) is 6. The van der Waals surface area contributed by atoms with Crippen molar-refractivity contribution in [3.05, 3.63) is 72.1 Å². The number of hydrogen-bond donors (Lipinski definition) is 3. The van der Waals surface area contributed by atoms with E-state index in [0.717, 1.165) is 41.8 Å². The molecule has 2 aliphatic rings. The first-order valence-corrected chi connectivity index (χ1v) is 13.5. The minimum Gasteiger partial charge on any atom is -0.309 e. The summed E-state index contributed by atoms with van der Waals surface area (Å²) in [6.45, 7) is 3.49. The van der Waals surface area contributed by atoms with E-state index < -0.39 is 0 Å². The Kier molecular flexibility index (Phi) is 8.13. The van der Waals surface area contributed by atoms with Gasteiger partial charge in [0, 0.05) is 48.1 Å². The van der Waals surface area contributed by atoms with Gasteiger partial charge in [-0.05, 0) is 62.4 Å². The molecule has 39 heavy (non-hydrogen) atoms. The Labute approximate surface area is 228 Å². The van der Waals surface area contributed by atoms with Crippen molar-refractivity contribution in [3.8, 4) is 17.2 Å². The molecule has 1 aromatic carbocycles. The van der Waals surface area contributed by atoms with Crippen LogP contribution in [0.3, 0.4) is 0 Å². The van der Waals surface area contributed by atoms with Crippen molar-refractivity contribution in [3.63, 3.8) is 0 Å². The van der Waals surface area contributed by atoms with Crippen LogP contribution in [0, 0.1) is 11.3 Å². The molecular formula is C30H33N7O2. The summed E-state index contributed by atoms with van der Waals surface area (Å²) in [7, 11) is 0. The summed E-state index contributed by atoms with van der Waals surface area (Å²) < 4.78 is 0. The molecule has 2 amide bonds. The van der Waals surface area contributed by atoms with Gasteiger partial charge in [0.05, 0.1) is 18.4 Å². The summed E-state index contributed by atoms with van der Waals surface area (Å²) in [5.74, 6) is 0.849. The first kappa shape index (κ1) is 26.3. The van der Waals surface area contributed by atoms with Crippen LogP contribution in [0.2, 0.25) is 0 Å². The largest absolute Gasteiger partial charge is 0.309 e.